The van der Waals surface area contributed by atoms with Crippen molar-refractivity contribution < 1.29 is 38.7 Å². The molecule has 1 fully saturated rings. The Labute approximate surface area is 303 Å². The van der Waals surface area contributed by atoms with Crippen LogP contribution in [0.15, 0.2) is 48.5 Å². The molecule has 16 nitrogen and oxygen atoms in total. The summed E-state index contributed by atoms with van der Waals surface area (Å²) in [5.41, 5.74) is 7.71. The van der Waals surface area contributed by atoms with E-state index < -0.39 is 78.2 Å². The number of amides is 8. The summed E-state index contributed by atoms with van der Waals surface area (Å²) in [5.74, 6) is -4.65. The number of carbonyl (C=O) groups excluding carboxylic acids is 6. The molecule has 0 aromatic heterocycles. The molecule has 1 heterocycles. The zero-order chi connectivity index (χ0) is 38.4. The summed E-state index contributed by atoms with van der Waals surface area (Å²) < 4.78 is 0. The molecule has 0 radical (unpaired) electrons. The number of hydrogen-bond donors (Lipinski definition) is 8. The molecule has 1 aliphatic rings. The maximum absolute atomic E-state index is 13.5. The van der Waals surface area contributed by atoms with Crippen molar-refractivity contribution in [3.05, 3.63) is 54.1 Å². The van der Waals surface area contributed by atoms with E-state index in [9.17, 15) is 38.7 Å². The van der Waals surface area contributed by atoms with Crippen molar-refractivity contribution in [1.82, 2.24) is 20.9 Å². The van der Waals surface area contributed by atoms with Gasteiger partial charge in [-0.25, -0.2) is 9.59 Å². The number of para-hydroxylation sites is 1. The minimum Gasteiger partial charge on any atom is -0.481 e. The second kappa shape index (κ2) is 19.7. The van der Waals surface area contributed by atoms with E-state index in [2.05, 4.69) is 31.9 Å². The van der Waals surface area contributed by atoms with Crippen molar-refractivity contribution in [1.29, 1.82) is 0 Å². The second-order valence-electron chi connectivity index (χ2n) is 12.9. The van der Waals surface area contributed by atoms with Crippen molar-refractivity contribution in [3.63, 3.8) is 0 Å². The fourth-order valence-electron chi connectivity index (χ4n) is 5.77. The molecule has 2 aromatic rings. The standard InChI is InChI=1S/C36H50N8O8/c1-5-7-15-26(42-36(52)39-24-14-10-13-23(19-24)38-35(51)41-25-16-9-8-12-22(25)4)32(48)40-27(20-29(45)46)33(49)43-30(21(3)6-2)34(50)44-18-11-17-28(44)31(37)47/h8-10,12-14,16,19,21,26-28,30H,5-7,11,15,17-18,20H2,1-4H3,(H2,37,47)(H,40,48)(H,43,49)(H,45,46)(H2,38,41,51)(H2,39,42,52)/t21?,26-,27-,28-,30-/m0/s1. The van der Waals surface area contributed by atoms with Crippen LogP contribution in [0.1, 0.15) is 71.3 Å². The van der Waals surface area contributed by atoms with Crippen LogP contribution in [-0.4, -0.2) is 82.4 Å². The number of hydrogen-bond acceptors (Lipinski definition) is 7. The Hall–Kier alpha value is -5.67. The first-order valence-corrected chi connectivity index (χ1v) is 17.5. The summed E-state index contributed by atoms with van der Waals surface area (Å²) in [4.78, 5) is 91.3. The Morgan fingerprint density at radius 3 is 2.13 bits per heavy atom. The molecule has 2 aromatic carbocycles. The van der Waals surface area contributed by atoms with Crippen molar-refractivity contribution in [3.8, 4) is 0 Å². The minimum absolute atomic E-state index is 0.176. The number of nitrogens with zero attached hydrogens (tertiary/aromatic N) is 1. The molecule has 8 amide bonds. The number of rotatable bonds is 17. The number of primary amides is 1. The van der Waals surface area contributed by atoms with Gasteiger partial charge in [0.15, 0.2) is 0 Å². The zero-order valence-corrected chi connectivity index (χ0v) is 30.0. The molecular formula is C36H50N8O8. The van der Waals surface area contributed by atoms with Crippen molar-refractivity contribution >= 4 is 58.7 Å². The van der Waals surface area contributed by atoms with Gasteiger partial charge in [0, 0.05) is 23.6 Å². The predicted molar refractivity (Wildman–Crippen MR) is 195 cm³/mol. The number of urea groups is 2. The SMILES string of the molecule is CCCC[C@H](NC(=O)Nc1cccc(NC(=O)Nc2ccccc2C)c1)C(=O)N[C@@H](CC(=O)O)C(=O)N[C@H](C(=O)N1CCC[C@H]1C(N)=O)C(C)CC. The van der Waals surface area contributed by atoms with Crippen LogP contribution in [0, 0.1) is 12.8 Å². The highest BCUT2D eigenvalue weighted by atomic mass is 16.4. The quantitative estimate of drug-likeness (QED) is 0.120. The number of aryl methyl sites for hydroxylation is 1. The van der Waals surface area contributed by atoms with E-state index >= 15 is 0 Å². The van der Waals surface area contributed by atoms with Gasteiger partial charge in [-0.3, -0.25) is 24.0 Å². The molecule has 0 bridgehead atoms. The van der Waals surface area contributed by atoms with E-state index in [0.29, 0.717) is 49.2 Å². The van der Waals surface area contributed by atoms with Gasteiger partial charge in [0.2, 0.25) is 23.6 Å². The Morgan fingerprint density at radius 1 is 0.865 bits per heavy atom. The highest BCUT2D eigenvalue weighted by Gasteiger charge is 2.39. The molecule has 1 aliphatic heterocycles. The Balaban J connectivity index is 1.69. The van der Waals surface area contributed by atoms with Crippen LogP contribution < -0.4 is 37.6 Å². The predicted octanol–water partition coefficient (Wildman–Crippen LogP) is 3.29. The number of likely N-dealkylation sites (tertiary alicyclic amines) is 1. The Kier molecular flexibility index (Phi) is 15.4. The minimum atomic E-state index is -1.59. The molecule has 0 spiro atoms. The summed E-state index contributed by atoms with van der Waals surface area (Å²) in [7, 11) is 0. The molecule has 1 saturated heterocycles. The summed E-state index contributed by atoms with van der Waals surface area (Å²) in [6.45, 7) is 7.57. The summed E-state index contributed by atoms with van der Waals surface area (Å²) in [5, 5.41) is 25.3. The highest BCUT2D eigenvalue weighted by Crippen LogP contribution is 2.22. The van der Waals surface area contributed by atoms with Crippen molar-refractivity contribution in [2.75, 3.05) is 22.5 Å². The number of unbranched alkanes of at least 4 members (excludes halogenated alkanes) is 1. The van der Waals surface area contributed by atoms with Gasteiger partial charge in [0.25, 0.3) is 0 Å². The van der Waals surface area contributed by atoms with Gasteiger partial charge in [0.1, 0.15) is 24.2 Å². The molecule has 282 valence electrons. The molecular weight excluding hydrogens is 672 g/mol. The molecule has 52 heavy (non-hydrogen) atoms. The van der Waals surface area contributed by atoms with Crippen LogP contribution in [0.2, 0.25) is 0 Å². The molecule has 5 atom stereocenters. The van der Waals surface area contributed by atoms with Crippen LogP contribution in [0.4, 0.5) is 26.7 Å². The van der Waals surface area contributed by atoms with Gasteiger partial charge < -0.3 is 47.6 Å². The Morgan fingerprint density at radius 2 is 1.52 bits per heavy atom. The second-order valence-corrected chi connectivity index (χ2v) is 12.9. The lowest BCUT2D eigenvalue weighted by Crippen LogP contribution is -2.59. The number of nitrogens with two attached hydrogens (primary N) is 1. The smallest absolute Gasteiger partial charge is 0.323 e. The average molecular weight is 723 g/mol. The van der Waals surface area contributed by atoms with Crippen molar-refractivity contribution in [2.24, 2.45) is 11.7 Å². The lowest BCUT2D eigenvalue weighted by atomic mass is 9.96. The van der Waals surface area contributed by atoms with Gasteiger partial charge in [-0.05, 0) is 61.9 Å². The third-order valence-corrected chi connectivity index (χ3v) is 8.89. The number of benzene rings is 2. The molecule has 9 N–H and O–H groups in total. The summed E-state index contributed by atoms with van der Waals surface area (Å²) >= 11 is 0. The maximum atomic E-state index is 13.5. The molecule has 16 heteroatoms. The third-order valence-electron chi connectivity index (χ3n) is 8.89. The Bertz CT molecular complexity index is 1620. The van der Waals surface area contributed by atoms with E-state index in [4.69, 9.17) is 5.73 Å². The maximum Gasteiger partial charge on any atom is 0.323 e. The van der Waals surface area contributed by atoms with Crippen LogP contribution in [0.5, 0.6) is 0 Å². The summed E-state index contributed by atoms with van der Waals surface area (Å²) in [6, 6.07) is 7.72. The fraction of sp³-hybridized carbons (Fsp3) is 0.472. The van der Waals surface area contributed by atoms with Crippen molar-refractivity contribution in [2.45, 2.75) is 96.8 Å². The summed E-state index contributed by atoms with van der Waals surface area (Å²) in [6.07, 6.45) is 2.00. The number of aliphatic carboxylic acids is 1. The van der Waals surface area contributed by atoms with Crippen LogP contribution >= 0.6 is 0 Å². The number of carbonyl (C=O) groups is 7. The molecule has 0 saturated carbocycles. The largest absolute Gasteiger partial charge is 0.481 e. The number of anilines is 3. The molecule has 1 unspecified atom stereocenters. The molecule has 0 aliphatic carbocycles. The normalized spacial score (nSPS) is 16.0. The number of nitrogens with one attached hydrogen (secondary N) is 6. The van der Waals surface area contributed by atoms with E-state index in [1.807, 2.05) is 32.9 Å². The van der Waals surface area contributed by atoms with Crippen LogP contribution in [0.3, 0.4) is 0 Å². The van der Waals surface area contributed by atoms with E-state index in [-0.39, 0.29) is 13.0 Å². The average Bonchev–Trinajstić information content (AvgIpc) is 3.59. The van der Waals surface area contributed by atoms with Gasteiger partial charge in [0.05, 0.1) is 6.42 Å². The monoisotopic (exact) mass is 722 g/mol. The topological polar surface area (TPSA) is 241 Å². The van der Waals surface area contributed by atoms with Gasteiger partial charge in [-0.15, -0.1) is 0 Å². The van der Waals surface area contributed by atoms with Gasteiger partial charge in [-0.2, -0.15) is 0 Å². The van der Waals surface area contributed by atoms with Crippen LogP contribution in [-0.2, 0) is 24.0 Å². The lowest BCUT2D eigenvalue weighted by Gasteiger charge is -2.32. The number of carboxylic acid groups (broad SMARTS) is 1. The van der Waals surface area contributed by atoms with E-state index in [1.54, 1.807) is 37.3 Å². The first-order chi connectivity index (χ1) is 24.7. The first kappa shape index (κ1) is 40.8. The van der Waals surface area contributed by atoms with Gasteiger partial charge >= 0.3 is 18.0 Å². The zero-order valence-electron chi connectivity index (χ0n) is 30.0. The fourth-order valence-corrected chi connectivity index (χ4v) is 5.77. The van der Waals surface area contributed by atoms with Gasteiger partial charge in [-0.1, -0.05) is 64.3 Å². The molecule has 3 rings (SSSR count). The van der Waals surface area contributed by atoms with E-state index in [0.717, 1.165) is 5.56 Å². The number of carboxylic acids is 1. The lowest BCUT2D eigenvalue weighted by molar-refractivity contribution is -0.143. The highest BCUT2D eigenvalue weighted by molar-refractivity contribution is 6.01. The van der Waals surface area contributed by atoms with Crippen LogP contribution in [0.25, 0.3) is 0 Å². The van der Waals surface area contributed by atoms with E-state index in [1.165, 1.54) is 11.0 Å². The third kappa shape index (κ3) is 12.0. The first-order valence-electron chi connectivity index (χ1n) is 17.5.